The lowest BCUT2D eigenvalue weighted by Gasteiger charge is -2.35. The maximum absolute atomic E-state index is 14.0. The number of carbonyl (C=O) groups excluding carboxylic acids is 2. The molecule has 0 spiro atoms. The monoisotopic (exact) mass is 407 g/mol. The number of furan rings is 1. The van der Waals surface area contributed by atoms with E-state index in [0.29, 0.717) is 36.5 Å². The molecule has 6 heteroatoms. The average molecular weight is 407 g/mol. The lowest BCUT2D eigenvalue weighted by molar-refractivity contribution is -0.154. The van der Waals surface area contributed by atoms with Crippen LogP contribution in [-0.4, -0.2) is 29.9 Å². The van der Waals surface area contributed by atoms with Gasteiger partial charge < -0.3 is 14.1 Å². The maximum Gasteiger partial charge on any atom is 0.328 e. The number of hydrogen-bond acceptors (Lipinski definition) is 4. The standard InChI is InChI=1S/C24H22FNO4/c1-29-24(28)21-14-16-6-2-3-7-17(16)15-26(21)23(27)13-11-18-10-12-22(30-18)19-8-4-5-9-20(19)25/h2-10,12,21H,11,13-15H2,1H3. The van der Waals surface area contributed by atoms with Crippen molar-refractivity contribution in [2.45, 2.75) is 31.8 Å². The fourth-order valence-corrected chi connectivity index (χ4v) is 3.82. The zero-order valence-electron chi connectivity index (χ0n) is 16.6. The number of nitrogens with zero attached hydrogens (tertiary/aromatic N) is 1. The molecule has 0 fully saturated rings. The Hall–Kier alpha value is -3.41. The van der Waals surface area contributed by atoms with E-state index >= 15 is 0 Å². The number of fused-ring (bicyclic) bond motifs is 1. The van der Waals surface area contributed by atoms with Crippen molar-refractivity contribution in [3.05, 3.63) is 83.4 Å². The number of benzene rings is 2. The van der Waals surface area contributed by atoms with Crippen molar-refractivity contribution in [1.82, 2.24) is 4.90 Å². The second-order valence-electron chi connectivity index (χ2n) is 7.28. The zero-order chi connectivity index (χ0) is 21.1. The smallest absolute Gasteiger partial charge is 0.328 e. The summed E-state index contributed by atoms with van der Waals surface area (Å²) in [6.07, 6.45) is 0.978. The van der Waals surface area contributed by atoms with Crippen LogP contribution >= 0.6 is 0 Å². The van der Waals surface area contributed by atoms with Crippen LogP contribution in [0.1, 0.15) is 23.3 Å². The topological polar surface area (TPSA) is 59.8 Å². The summed E-state index contributed by atoms with van der Waals surface area (Å²) in [5.74, 6) is 0.0901. The number of rotatable bonds is 5. The van der Waals surface area contributed by atoms with Crippen LogP contribution in [0, 0.1) is 5.82 Å². The summed E-state index contributed by atoms with van der Waals surface area (Å²) in [7, 11) is 1.33. The second-order valence-corrected chi connectivity index (χ2v) is 7.28. The predicted octanol–water partition coefficient (Wildman–Crippen LogP) is 4.14. The molecule has 30 heavy (non-hydrogen) atoms. The van der Waals surface area contributed by atoms with E-state index < -0.39 is 12.0 Å². The fraction of sp³-hybridized carbons (Fsp3) is 0.250. The van der Waals surface area contributed by atoms with Crippen LogP contribution in [0.4, 0.5) is 4.39 Å². The van der Waals surface area contributed by atoms with Crippen molar-refractivity contribution in [3.63, 3.8) is 0 Å². The third-order valence-electron chi connectivity index (χ3n) is 5.43. The Morgan fingerprint density at radius 3 is 2.57 bits per heavy atom. The first-order valence-electron chi connectivity index (χ1n) is 9.84. The van der Waals surface area contributed by atoms with Crippen molar-refractivity contribution in [2.75, 3.05) is 7.11 Å². The molecule has 1 aliphatic heterocycles. The molecule has 0 radical (unpaired) electrons. The Morgan fingerprint density at radius 1 is 1.07 bits per heavy atom. The highest BCUT2D eigenvalue weighted by Crippen LogP contribution is 2.27. The number of hydrogen-bond donors (Lipinski definition) is 0. The highest BCUT2D eigenvalue weighted by atomic mass is 19.1. The molecule has 3 aromatic rings. The van der Waals surface area contributed by atoms with Crippen molar-refractivity contribution < 1.29 is 23.1 Å². The zero-order valence-corrected chi connectivity index (χ0v) is 16.6. The number of esters is 1. The molecule has 0 N–H and O–H groups in total. The Balaban J connectivity index is 1.47. The minimum Gasteiger partial charge on any atom is -0.467 e. The molecule has 1 aromatic heterocycles. The molecular weight excluding hydrogens is 385 g/mol. The van der Waals surface area contributed by atoms with E-state index in [1.54, 1.807) is 35.2 Å². The van der Waals surface area contributed by atoms with Crippen molar-refractivity contribution in [3.8, 4) is 11.3 Å². The van der Waals surface area contributed by atoms with E-state index in [2.05, 4.69) is 0 Å². The Bertz CT molecular complexity index is 1070. The van der Waals surface area contributed by atoms with Gasteiger partial charge >= 0.3 is 5.97 Å². The van der Waals surface area contributed by atoms with Gasteiger partial charge in [0.15, 0.2) is 0 Å². The predicted molar refractivity (Wildman–Crippen MR) is 109 cm³/mol. The lowest BCUT2D eigenvalue weighted by Crippen LogP contribution is -2.49. The molecule has 0 aliphatic carbocycles. The molecule has 1 atom stereocenters. The number of carbonyl (C=O) groups is 2. The number of methoxy groups -OCH3 is 1. The minimum atomic E-state index is -0.636. The SMILES string of the molecule is COC(=O)C1Cc2ccccc2CN1C(=O)CCc1ccc(-c2ccccc2F)o1. The average Bonchev–Trinajstić information content (AvgIpc) is 3.25. The van der Waals surface area contributed by atoms with Gasteiger partial charge in [-0.1, -0.05) is 36.4 Å². The van der Waals surface area contributed by atoms with Crippen LogP contribution in [-0.2, 0) is 33.7 Å². The Kier molecular flexibility index (Phi) is 5.65. The molecule has 154 valence electrons. The molecule has 5 nitrogen and oxygen atoms in total. The summed E-state index contributed by atoms with van der Waals surface area (Å²) < 4.78 is 24.6. The van der Waals surface area contributed by atoms with Gasteiger partial charge in [0.1, 0.15) is 23.4 Å². The van der Waals surface area contributed by atoms with Gasteiger partial charge in [-0.25, -0.2) is 9.18 Å². The van der Waals surface area contributed by atoms with Crippen LogP contribution in [0.25, 0.3) is 11.3 Å². The van der Waals surface area contributed by atoms with Crippen molar-refractivity contribution >= 4 is 11.9 Å². The summed E-state index contributed by atoms with van der Waals surface area (Å²) in [6.45, 7) is 0.368. The van der Waals surface area contributed by atoms with Crippen LogP contribution in [0.3, 0.4) is 0 Å². The van der Waals surface area contributed by atoms with Gasteiger partial charge in [-0.15, -0.1) is 0 Å². The molecule has 2 heterocycles. The Morgan fingerprint density at radius 2 is 1.80 bits per heavy atom. The molecule has 0 saturated heterocycles. The molecule has 4 rings (SSSR count). The summed E-state index contributed by atoms with van der Waals surface area (Å²) >= 11 is 0. The summed E-state index contributed by atoms with van der Waals surface area (Å²) in [5.41, 5.74) is 2.47. The summed E-state index contributed by atoms with van der Waals surface area (Å²) in [4.78, 5) is 26.8. The quantitative estimate of drug-likeness (QED) is 0.597. The van der Waals surface area contributed by atoms with Crippen LogP contribution in [0.15, 0.2) is 65.1 Å². The largest absolute Gasteiger partial charge is 0.467 e. The van der Waals surface area contributed by atoms with Crippen LogP contribution in [0.2, 0.25) is 0 Å². The maximum atomic E-state index is 14.0. The highest BCUT2D eigenvalue weighted by molar-refractivity contribution is 5.85. The van der Waals surface area contributed by atoms with Gasteiger partial charge in [-0.3, -0.25) is 4.79 Å². The van der Waals surface area contributed by atoms with E-state index in [1.165, 1.54) is 13.2 Å². The Labute approximate surface area is 174 Å². The van der Waals surface area contributed by atoms with E-state index in [-0.39, 0.29) is 18.1 Å². The lowest BCUT2D eigenvalue weighted by atomic mass is 9.93. The van der Waals surface area contributed by atoms with Crippen LogP contribution in [0.5, 0.6) is 0 Å². The van der Waals surface area contributed by atoms with Crippen molar-refractivity contribution in [1.29, 1.82) is 0 Å². The van der Waals surface area contributed by atoms with Gasteiger partial charge in [0.25, 0.3) is 0 Å². The van der Waals surface area contributed by atoms with E-state index in [1.807, 2.05) is 24.3 Å². The number of amides is 1. The third-order valence-corrected chi connectivity index (χ3v) is 5.43. The molecule has 0 saturated carbocycles. The molecule has 1 aliphatic rings. The molecule has 2 aromatic carbocycles. The molecular formula is C24H22FNO4. The van der Waals surface area contributed by atoms with Gasteiger partial charge in [-0.2, -0.15) is 0 Å². The normalized spacial score (nSPS) is 15.5. The van der Waals surface area contributed by atoms with Gasteiger partial charge in [0, 0.05) is 25.8 Å². The van der Waals surface area contributed by atoms with Crippen LogP contribution < -0.4 is 0 Å². The molecule has 1 unspecified atom stereocenters. The van der Waals surface area contributed by atoms with Gasteiger partial charge in [0.05, 0.1) is 12.7 Å². The second kappa shape index (κ2) is 8.53. The first kappa shape index (κ1) is 19.9. The number of ether oxygens (including phenoxy) is 1. The van der Waals surface area contributed by atoms with E-state index in [9.17, 15) is 14.0 Å². The van der Waals surface area contributed by atoms with Gasteiger partial charge in [0.2, 0.25) is 5.91 Å². The fourth-order valence-electron chi connectivity index (χ4n) is 3.82. The molecule has 1 amide bonds. The summed E-state index contributed by atoms with van der Waals surface area (Å²) in [5, 5.41) is 0. The van der Waals surface area contributed by atoms with Gasteiger partial charge in [-0.05, 0) is 35.4 Å². The minimum absolute atomic E-state index is 0.149. The first-order chi connectivity index (χ1) is 14.6. The first-order valence-corrected chi connectivity index (χ1v) is 9.84. The molecule has 0 bridgehead atoms. The summed E-state index contributed by atoms with van der Waals surface area (Å²) in [6, 6.07) is 17.0. The number of aryl methyl sites for hydroxylation is 1. The van der Waals surface area contributed by atoms with E-state index in [0.717, 1.165) is 11.1 Å². The highest BCUT2D eigenvalue weighted by Gasteiger charge is 2.35. The third kappa shape index (κ3) is 3.99. The van der Waals surface area contributed by atoms with Crippen molar-refractivity contribution in [2.24, 2.45) is 0 Å². The number of halogens is 1. The van der Waals surface area contributed by atoms with E-state index in [4.69, 9.17) is 9.15 Å².